The van der Waals surface area contributed by atoms with Crippen LogP contribution in [0.5, 0.6) is 0 Å². The lowest BCUT2D eigenvalue weighted by Gasteiger charge is -2.35. The third kappa shape index (κ3) is 8.67. The SMILES string of the molecule is CC(C)(C)CC(C)([S])CC(C)(C)C. The smallest absolute Gasteiger partial charge is 0.0245 e. The van der Waals surface area contributed by atoms with Crippen molar-refractivity contribution in [2.75, 3.05) is 0 Å². The Morgan fingerprint density at radius 3 is 1.08 bits per heavy atom. The normalized spacial score (nSPS) is 14.8. The van der Waals surface area contributed by atoms with E-state index in [2.05, 4.69) is 48.5 Å². The Balaban J connectivity index is 4.25. The van der Waals surface area contributed by atoms with Gasteiger partial charge >= 0.3 is 0 Å². The van der Waals surface area contributed by atoms with E-state index in [1.165, 1.54) is 0 Å². The molecule has 79 valence electrons. The highest BCUT2D eigenvalue weighted by atomic mass is 32.1. The monoisotopic (exact) mass is 201 g/mol. The Bertz CT molecular complexity index is 137. The molecule has 0 aromatic carbocycles. The Hall–Kier alpha value is 0.350. The van der Waals surface area contributed by atoms with Gasteiger partial charge in [-0.1, -0.05) is 54.2 Å². The van der Waals surface area contributed by atoms with Gasteiger partial charge in [0.15, 0.2) is 0 Å². The molecule has 13 heavy (non-hydrogen) atoms. The molecule has 0 unspecified atom stereocenters. The van der Waals surface area contributed by atoms with Gasteiger partial charge < -0.3 is 0 Å². The van der Waals surface area contributed by atoms with Crippen molar-refractivity contribution >= 4 is 12.6 Å². The van der Waals surface area contributed by atoms with Gasteiger partial charge in [-0.2, -0.15) is 0 Å². The zero-order valence-electron chi connectivity index (χ0n) is 10.3. The highest BCUT2D eigenvalue weighted by molar-refractivity contribution is 7.81. The van der Waals surface area contributed by atoms with Crippen molar-refractivity contribution in [3.8, 4) is 0 Å². The molecule has 0 aliphatic rings. The van der Waals surface area contributed by atoms with Gasteiger partial charge in [0.2, 0.25) is 0 Å². The summed E-state index contributed by atoms with van der Waals surface area (Å²) in [5.41, 5.74) is 0.698. The first kappa shape index (κ1) is 13.4. The first-order chi connectivity index (χ1) is 5.41. The molecule has 0 aromatic rings. The fraction of sp³-hybridized carbons (Fsp3) is 1.00. The Kier molecular flexibility index (Phi) is 3.95. The van der Waals surface area contributed by atoms with Crippen LogP contribution in [0.25, 0.3) is 0 Å². The summed E-state index contributed by atoms with van der Waals surface area (Å²) < 4.78 is 0.0521. The van der Waals surface area contributed by atoms with Crippen molar-refractivity contribution in [2.24, 2.45) is 10.8 Å². The van der Waals surface area contributed by atoms with E-state index in [9.17, 15) is 0 Å². The van der Waals surface area contributed by atoms with E-state index >= 15 is 0 Å². The van der Waals surface area contributed by atoms with Gasteiger partial charge in [-0.3, -0.25) is 0 Å². The minimum absolute atomic E-state index is 0.0521. The molecule has 0 nitrogen and oxygen atoms in total. The van der Waals surface area contributed by atoms with Crippen LogP contribution in [0.1, 0.15) is 61.3 Å². The van der Waals surface area contributed by atoms with E-state index in [1.54, 1.807) is 0 Å². The van der Waals surface area contributed by atoms with Crippen LogP contribution >= 0.6 is 12.6 Å². The van der Waals surface area contributed by atoms with Crippen molar-refractivity contribution < 1.29 is 0 Å². The van der Waals surface area contributed by atoms with Crippen LogP contribution in [0.15, 0.2) is 0 Å². The first-order valence-electron chi connectivity index (χ1n) is 5.12. The standard InChI is InChI=1S/C12H25S/c1-10(2,3)8-12(7,13)9-11(4,5)6/h8-9H2,1-7H3. The van der Waals surface area contributed by atoms with Gasteiger partial charge in [-0.25, -0.2) is 0 Å². The second kappa shape index (κ2) is 3.84. The van der Waals surface area contributed by atoms with Crippen LogP contribution in [0.2, 0.25) is 0 Å². The van der Waals surface area contributed by atoms with Crippen molar-refractivity contribution in [3.05, 3.63) is 0 Å². The molecule has 0 aliphatic carbocycles. The largest absolute Gasteiger partial charge is 0.0870 e. The molecule has 0 aliphatic heterocycles. The maximum Gasteiger partial charge on any atom is 0.0245 e. The molecule has 0 spiro atoms. The third-order valence-electron chi connectivity index (χ3n) is 1.81. The third-order valence-corrected chi connectivity index (χ3v) is 2.10. The van der Waals surface area contributed by atoms with Gasteiger partial charge in [0.25, 0.3) is 0 Å². The van der Waals surface area contributed by atoms with Crippen LogP contribution in [-0.4, -0.2) is 4.75 Å². The molecular formula is C12H25S. The van der Waals surface area contributed by atoms with E-state index in [0.717, 1.165) is 12.8 Å². The van der Waals surface area contributed by atoms with Gasteiger partial charge in [0.1, 0.15) is 0 Å². The molecule has 0 fully saturated rings. The van der Waals surface area contributed by atoms with Crippen molar-refractivity contribution in [1.29, 1.82) is 0 Å². The molecule has 1 heteroatoms. The highest BCUT2D eigenvalue weighted by Crippen LogP contribution is 2.39. The maximum absolute atomic E-state index is 5.64. The summed E-state index contributed by atoms with van der Waals surface area (Å²) in [6.07, 6.45) is 2.24. The molecule has 0 aromatic heterocycles. The Labute approximate surface area is 89.9 Å². The summed E-state index contributed by atoms with van der Waals surface area (Å²) in [4.78, 5) is 0. The lowest BCUT2D eigenvalue weighted by Crippen LogP contribution is -2.29. The summed E-state index contributed by atoms with van der Waals surface area (Å²) in [5, 5.41) is 0. The molecule has 0 bridgehead atoms. The van der Waals surface area contributed by atoms with Gasteiger partial charge in [-0.05, 0) is 30.6 Å². The molecule has 0 saturated heterocycles. The maximum atomic E-state index is 5.64. The summed E-state index contributed by atoms with van der Waals surface area (Å²) in [5.74, 6) is 0. The van der Waals surface area contributed by atoms with Crippen molar-refractivity contribution in [2.45, 2.75) is 66.1 Å². The minimum atomic E-state index is 0.0521. The Morgan fingerprint density at radius 2 is 0.923 bits per heavy atom. The van der Waals surface area contributed by atoms with E-state index in [-0.39, 0.29) is 4.75 Å². The summed E-state index contributed by atoms with van der Waals surface area (Å²) in [6, 6.07) is 0. The predicted octanol–water partition coefficient (Wildman–Crippen LogP) is 4.82. The van der Waals surface area contributed by atoms with E-state index in [0.29, 0.717) is 10.8 Å². The zero-order chi connectivity index (χ0) is 10.9. The quantitative estimate of drug-likeness (QED) is 0.601. The van der Waals surface area contributed by atoms with Crippen LogP contribution < -0.4 is 0 Å². The summed E-state index contributed by atoms with van der Waals surface area (Å²) in [7, 11) is 0. The van der Waals surface area contributed by atoms with E-state index in [1.807, 2.05) is 0 Å². The van der Waals surface area contributed by atoms with Crippen LogP contribution in [-0.2, 0) is 0 Å². The summed E-state index contributed by atoms with van der Waals surface area (Å²) in [6.45, 7) is 15.8. The second-order valence-electron chi connectivity index (χ2n) is 6.92. The average Bonchev–Trinajstić information content (AvgIpc) is 1.43. The fourth-order valence-electron chi connectivity index (χ4n) is 2.31. The van der Waals surface area contributed by atoms with Gasteiger partial charge in [0.05, 0.1) is 0 Å². The molecule has 0 rings (SSSR count). The number of hydrogen-bond donors (Lipinski definition) is 0. The lowest BCUT2D eigenvalue weighted by molar-refractivity contribution is 0.259. The molecule has 1 radical (unpaired) electrons. The molecule has 0 atom stereocenters. The van der Waals surface area contributed by atoms with Gasteiger partial charge in [0, 0.05) is 4.75 Å². The summed E-state index contributed by atoms with van der Waals surface area (Å²) >= 11 is 5.64. The molecule has 0 N–H and O–H groups in total. The van der Waals surface area contributed by atoms with E-state index in [4.69, 9.17) is 12.6 Å². The lowest BCUT2D eigenvalue weighted by atomic mass is 9.77. The zero-order valence-corrected chi connectivity index (χ0v) is 11.1. The molecule has 0 amide bonds. The van der Waals surface area contributed by atoms with Crippen LogP contribution in [0, 0.1) is 10.8 Å². The van der Waals surface area contributed by atoms with E-state index < -0.39 is 0 Å². The topological polar surface area (TPSA) is 0 Å². The van der Waals surface area contributed by atoms with Gasteiger partial charge in [-0.15, -0.1) is 0 Å². The number of hydrogen-bond acceptors (Lipinski definition) is 0. The first-order valence-corrected chi connectivity index (χ1v) is 5.53. The molecule has 0 heterocycles. The van der Waals surface area contributed by atoms with Crippen LogP contribution in [0.3, 0.4) is 0 Å². The molecule has 0 saturated carbocycles. The number of rotatable bonds is 2. The predicted molar refractivity (Wildman–Crippen MR) is 64.1 cm³/mol. The van der Waals surface area contributed by atoms with Crippen molar-refractivity contribution in [3.63, 3.8) is 0 Å². The molecular weight excluding hydrogens is 176 g/mol. The fourth-order valence-corrected chi connectivity index (χ4v) is 3.17. The van der Waals surface area contributed by atoms with Crippen molar-refractivity contribution in [1.82, 2.24) is 0 Å². The second-order valence-corrected chi connectivity index (χ2v) is 7.91. The average molecular weight is 201 g/mol. The van der Waals surface area contributed by atoms with Crippen LogP contribution in [0.4, 0.5) is 0 Å². The highest BCUT2D eigenvalue weighted by Gasteiger charge is 2.31. The minimum Gasteiger partial charge on any atom is -0.0870 e. The Morgan fingerprint density at radius 1 is 0.692 bits per heavy atom.